The Morgan fingerprint density at radius 3 is 2.83 bits per heavy atom. The molecule has 2 heterocycles. The highest BCUT2D eigenvalue weighted by molar-refractivity contribution is 5.48. The quantitative estimate of drug-likeness (QED) is 0.652. The average Bonchev–Trinajstić information content (AvgIpc) is 2.59. The van der Waals surface area contributed by atoms with E-state index in [1.165, 1.54) is 18.4 Å². The molecule has 0 radical (unpaired) electrons. The van der Waals surface area contributed by atoms with Crippen LogP contribution in [0.4, 0.5) is 0 Å². The van der Waals surface area contributed by atoms with Crippen LogP contribution in [0.3, 0.4) is 0 Å². The zero-order valence-corrected chi connectivity index (χ0v) is 7.01. The van der Waals surface area contributed by atoms with Gasteiger partial charge in [0.1, 0.15) is 0 Å². The molecule has 0 atom stereocenters. The molecule has 2 N–H and O–H groups in total. The molecule has 3 heteroatoms. The van der Waals surface area contributed by atoms with Gasteiger partial charge in [-0.05, 0) is 32.0 Å². The van der Waals surface area contributed by atoms with E-state index in [4.69, 9.17) is 0 Å². The van der Waals surface area contributed by atoms with Gasteiger partial charge in [-0.1, -0.05) is 5.57 Å². The number of nitrogens with one attached hydrogen (secondary N) is 2. The van der Waals surface area contributed by atoms with Gasteiger partial charge in [-0.3, -0.25) is 0 Å². The van der Waals surface area contributed by atoms with Crippen LogP contribution >= 0.6 is 0 Å². The van der Waals surface area contributed by atoms with Crippen molar-refractivity contribution < 1.29 is 0 Å². The third-order valence-electron chi connectivity index (χ3n) is 2.12. The summed E-state index contributed by atoms with van der Waals surface area (Å²) < 4.78 is 0. The smallest absolute Gasteiger partial charge is 0.0924 e. The normalized spacial score (nSPS) is 17.8. The third kappa shape index (κ3) is 1.74. The fourth-order valence-corrected chi connectivity index (χ4v) is 1.46. The van der Waals surface area contributed by atoms with Crippen LogP contribution in [0.2, 0.25) is 0 Å². The summed E-state index contributed by atoms with van der Waals surface area (Å²) in [5, 5.41) is 3.33. The van der Waals surface area contributed by atoms with Crippen LogP contribution in [0.25, 0.3) is 6.08 Å². The van der Waals surface area contributed by atoms with E-state index in [0.29, 0.717) is 0 Å². The number of piperidine rings is 1. The minimum atomic E-state index is 1.11. The zero-order chi connectivity index (χ0) is 8.23. The van der Waals surface area contributed by atoms with Gasteiger partial charge in [-0.15, -0.1) is 0 Å². The number of nitrogens with zero attached hydrogens (tertiary/aromatic N) is 1. The number of imidazole rings is 1. The largest absolute Gasteiger partial charge is 0.345 e. The number of H-pyrrole nitrogens is 1. The SMILES string of the molecule is C(=C1CCNCC1)c1cnc[nH]1. The minimum Gasteiger partial charge on any atom is -0.345 e. The van der Waals surface area contributed by atoms with Gasteiger partial charge in [0.25, 0.3) is 0 Å². The summed E-state index contributed by atoms with van der Waals surface area (Å²) in [5.41, 5.74) is 2.63. The second kappa shape index (κ2) is 3.54. The van der Waals surface area contributed by atoms with Crippen molar-refractivity contribution in [3.63, 3.8) is 0 Å². The van der Waals surface area contributed by atoms with E-state index in [2.05, 4.69) is 21.4 Å². The molecule has 0 bridgehead atoms. The van der Waals surface area contributed by atoms with Crippen LogP contribution < -0.4 is 5.32 Å². The lowest BCUT2D eigenvalue weighted by molar-refractivity contribution is 0.613. The molecular weight excluding hydrogens is 150 g/mol. The van der Waals surface area contributed by atoms with Crippen LogP contribution in [-0.2, 0) is 0 Å². The van der Waals surface area contributed by atoms with Crippen molar-refractivity contribution in [2.75, 3.05) is 13.1 Å². The molecule has 1 fully saturated rings. The molecule has 0 saturated carbocycles. The highest BCUT2D eigenvalue weighted by Crippen LogP contribution is 2.13. The molecule has 12 heavy (non-hydrogen) atoms. The summed E-state index contributed by atoms with van der Waals surface area (Å²) in [7, 11) is 0. The van der Waals surface area contributed by atoms with Crippen LogP contribution in [0.15, 0.2) is 18.1 Å². The van der Waals surface area contributed by atoms with Gasteiger partial charge in [-0.2, -0.15) is 0 Å². The van der Waals surface area contributed by atoms with E-state index < -0.39 is 0 Å². The predicted octanol–water partition coefficient (Wildman–Crippen LogP) is 1.18. The van der Waals surface area contributed by atoms with Gasteiger partial charge in [0.15, 0.2) is 0 Å². The first-order valence-electron chi connectivity index (χ1n) is 4.34. The fourth-order valence-electron chi connectivity index (χ4n) is 1.46. The van der Waals surface area contributed by atoms with E-state index in [1.807, 2.05) is 6.20 Å². The van der Waals surface area contributed by atoms with Crippen molar-refractivity contribution in [3.05, 3.63) is 23.8 Å². The Morgan fingerprint density at radius 1 is 1.33 bits per heavy atom. The van der Waals surface area contributed by atoms with Crippen molar-refractivity contribution in [2.24, 2.45) is 0 Å². The van der Waals surface area contributed by atoms with Crippen molar-refractivity contribution in [3.8, 4) is 0 Å². The van der Waals surface area contributed by atoms with Gasteiger partial charge in [-0.25, -0.2) is 4.98 Å². The number of hydrogen-bond acceptors (Lipinski definition) is 2. The molecule has 0 spiro atoms. The minimum absolute atomic E-state index is 1.11. The first-order chi connectivity index (χ1) is 5.95. The van der Waals surface area contributed by atoms with Crippen molar-refractivity contribution in [2.45, 2.75) is 12.8 Å². The van der Waals surface area contributed by atoms with Crippen LogP contribution in [0.5, 0.6) is 0 Å². The average molecular weight is 163 g/mol. The van der Waals surface area contributed by atoms with E-state index in [9.17, 15) is 0 Å². The number of aromatic amines is 1. The first kappa shape index (κ1) is 7.55. The summed E-state index contributed by atoms with van der Waals surface area (Å²) in [6.07, 6.45) is 8.11. The van der Waals surface area contributed by atoms with Gasteiger partial charge < -0.3 is 10.3 Å². The van der Waals surface area contributed by atoms with Crippen molar-refractivity contribution >= 4 is 6.08 Å². The van der Waals surface area contributed by atoms with Gasteiger partial charge in [0, 0.05) is 0 Å². The van der Waals surface area contributed by atoms with Crippen LogP contribution in [-0.4, -0.2) is 23.1 Å². The molecule has 0 amide bonds. The Kier molecular flexibility index (Phi) is 2.23. The lowest BCUT2D eigenvalue weighted by atomic mass is 10.0. The monoisotopic (exact) mass is 163 g/mol. The van der Waals surface area contributed by atoms with E-state index in [0.717, 1.165) is 18.8 Å². The Hall–Kier alpha value is -1.09. The zero-order valence-electron chi connectivity index (χ0n) is 7.01. The molecule has 0 unspecified atom stereocenters. The van der Waals surface area contributed by atoms with E-state index >= 15 is 0 Å². The van der Waals surface area contributed by atoms with Crippen molar-refractivity contribution in [1.82, 2.24) is 15.3 Å². The number of hydrogen-bond donors (Lipinski definition) is 2. The second-order valence-electron chi connectivity index (χ2n) is 3.06. The molecule has 0 aliphatic carbocycles. The summed E-state index contributed by atoms with van der Waals surface area (Å²) in [6.45, 7) is 2.22. The standard InChI is InChI=1S/C9H13N3/c1-3-10-4-2-8(1)5-9-6-11-7-12-9/h5-7,10H,1-4H2,(H,11,12). The molecule has 2 rings (SSSR count). The predicted molar refractivity (Wildman–Crippen MR) is 48.7 cm³/mol. The molecule has 1 saturated heterocycles. The van der Waals surface area contributed by atoms with Crippen LogP contribution in [0, 0.1) is 0 Å². The molecule has 1 aromatic heterocycles. The molecule has 1 aliphatic heterocycles. The number of aromatic nitrogens is 2. The highest BCUT2D eigenvalue weighted by Gasteiger charge is 2.03. The lowest BCUT2D eigenvalue weighted by Gasteiger charge is -2.14. The Bertz CT molecular complexity index is 253. The molecule has 64 valence electrons. The fraction of sp³-hybridized carbons (Fsp3) is 0.444. The van der Waals surface area contributed by atoms with Gasteiger partial charge in [0.05, 0.1) is 18.2 Å². The summed E-state index contributed by atoms with van der Waals surface area (Å²) in [5.74, 6) is 0. The Morgan fingerprint density at radius 2 is 2.17 bits per heavy atom. The van der Waals surface area contributed by atoms with Crippen molar-refractivity contribution in [1.29, 1.82) is 0 Å². The number of rotatable bonds is 1. The molecule has 1 aromatic rings. The molecule has 3 nitrogen and oxygen atoms in total. The maximum absolute atomic E-state index is 3.97. The summed E-state index contributed by atoms with van der Waals surface area (Å²) in [4.78, 5) is 7.05. The summed E-state index contributed by atoms with van der Waals surface area (Å²) in [6, 6.07) is 0. The highest BCUT2D eigenvalue weighted by atomic mass is 14.9. The van der Waals surface area contributed by atoms with Crippen LogP contribution in [0.1, 0.15) is 18.5 Å². The summed E-state index contributed by atoms with van der Waals surface area (Å²) >= 11 is 0. The van der Waals surface area contributed by atoms with Gasteiger partial charge >= 0.3 is 0 Å². The third-order valence-corrected chi connectivity index (χ3v) is 2.12. The molecule has 1 aliphatic rings. The van der Waals surface area contributed by atoms with Gasteiger partial charge in [0.2, 0.25) is 0 Å². The van der Waals surface area contributed by atoms with E-state index in [-0.39, 0.29) is 0 Å². The maximum atomic E-state index is 3.97. The van der Waals surface area contributed by atoms with E-state index in [1.54, 1.807) is 6.33 Å². The lowest BCUT2D eigenvalue weighted by Crippen LogP contribution is -2.22. The Labute approximate surface area is 71.9 Å². The molecular formula is C9H13N3. The second-order valence-corrected chi connectivity index (χ2v) is 3.06. The maximum Gasteiger partial charge on any atom is 0.0924 e. The molecule has 0 aromatic carbocycles. The first-order valence-corrected chi connectivity index (χ1v) is 4.34. The Balaban J connectivity index is 2.07. The topological polar surface area (TPSA) is 40.7 Å².